The molecule has 5 rings (SSSR count). The molecule has 0 atom stereocenters. The van der Waals surface area contributed by atoms with E-state index in [1.165, 1.54) is 21.7 Å². The smallest absolute Gasteiger partial charge is 0.350 e. The van der Waals surface area contributed by atoms with Crippen LogP contribution < -0.4 is 11.0 Å². The van der Waals surface area contributed by atoms with E-state index in [1.54, 1.807) is 18.5 Å². The normalized spacial score (nSPS) is 15.3. The van der Waals surface area contributed by atoms with Crippen LogP contribution >= 0.6 is 11.8 Å². The molecule has 32 heavy (non-hydrogen) atoms. The lowest BCUT2D eigenvalue weighted by molar-refractivity contribution is -0.115. The van der Waals surface area contributed by atoms with Crippen LogP contribution in [-0.2, 0) is 4.79 Å². The third-order valence-corrected chi connectivity index (χ3v) is 5.81. The van der Waals surface area contributed by atoms with E-state index >= 15 is 0 Å². The molecule has 0 unspecified atom stereocenters. The number of hydrogen-bond acceptors (Lipinski definition) is 7. The standard InChI is InChI=1S/C22H17N5O4S/c1-12(2)27-22(30)26(11-24-27)15-5-3-13(4-6-15)17-10-23-9-14-7-16(31-19(14)17)8-18-20(28)25-21(29)32-18/h3-12H,1-2H3,(H,25,28,29)/b18-8-. The molecule has 1 N–H and O–H groups in total. The van der Waals surface area contributed by atoms with E-state index in [0.29, 0.717) is 17.0 Å². The highest BCUT2D eigenvalue weighted by molar-refractivity contribution is 8.18. The molecule has 9 nitrogen and oxygen atoms in total. The van der Waals surface area contributed by atoms with Gasteiger partial charge in [-0.2, -0.15) is 5.10 Å². The summed E-state index contributed by atoms with van der Waals surface area (Å²) in [6.07, 6.45) is 6.41. The molecule has 4 heterocycles. The molecule has 0 spiro atoms. The van der Waals surface area contributed by atoms with Gasteiger partial charge in [0.25, 0.3) is 11.1 Å². The van der Waals surface area contributed by atoms with Crippen LogP contribution in [0.4, 0.5) is 4.79 Å². The predicted molar refractivity (Wildman–Crippen MR) is 120 cm³/mol. The Morgan fingerprint density at radius 1 is 1.12 bits per heavy atom. The molecule has 1 aliphatic heterocycles. The zero-order chi connectivity index (χ0) is 22.4. The molecule has 2 amide bonds. The Kier molecular flexibility index (Phi) is 4.78. The number of hydrogen-bond donors (Lipinski definition) is 1. The van der Waals surface area contributed by atoms with Crippen LogP contribution in [0.25, 0.3) is 33.9 Å². The average Bonchev–Trinajstić information content (AvgIpc) is 3.44. The van der Waals surface area contributed by atoms with Gasteiger partial charge in [-0.05, 0) is 49.4 Å². The minimum atomic E-state index is -0.439. The van der Waals surface area contributed by atoms with E-state index in [4.69, 9.17) is 4.42 Å². The summed E-state index contributed by atoms with van der Waals surface area (Å²) in [5.74, 6) is 0.0105. The van der Waals surface area contributed by atoms with Crippen molar-refractivity contribution in [2.45, 2.75) is 19.9 Å². The third kappa shape index (κ3) is 3.44. The molecule has 0 bridgehead atoms. The van der Waals surface area contributed by atoms with E-state index in [9.17, 15) is 14.4 Å². The molecule has 160 valence electrons. The van der Waals surface area contributed by atoms with Gasteiger partial charge in [-0.25, -0.2) is 14.0 Å². The fourth-order valence-corrected chi connectivity index (χ4v) is 4.12. The molecule has 10 heteroatoms. The quantitative estimate of drug-likeness (QED) is 0.474. The first kappa shape index (κ1) is 20.0. The largest absolute Gasteiger partial charge is 0.456 e. The Labute approximate surface area is 185 Å². The third-order valence-electron chi connectivity index (χ3n) is 5.00. The molecule has 4 aromatic rings. The first-order valence-corrected chi connectivity index (χ1v) is 10.6. The number of carbonyl (C=O) groups is 2. The number of amides is 2. The van der Waals surface area contributed by atoms with Gasteiger partial charge in [0.1, 0.15) is 17.7 Å². The summed E-state index contributed by atoms with van der Waals surface area (Å²) < 4.78 is 8.89. The van der Waals surface area contributed by atoms with Crippen molar-refractivity contribution in [2.75, 3.05) is 0 Å². The maximum atomic E-state index is 12.5. The fraction of sp³-hybridized carbons (Fsp3) is 0.136. The minimum Gasteiger partial charge on any atom is -0.456 e. The van der Waals surface area contributed by atoms with Crippen LogP contribution in [0, 0.1) is 0 Å². The second kappa shape index (κ2) is 7.65. The van der Waals surface area contributed by atoms with Gasteiger partial charge < -0.3 is 4.42 Å². The SMILES string of the molecule is CC(C)n1ncn(-c2ccc(-c3cncc4cc(/C=C5\SC(=O)NC5=O)oc34)cc2)c1=O. The molecule has 1 fully saturated rings. The zero-order valence-electron chi connectivity index (χ0n) is 17.1. The van der Waals surface area contributed by atoms with Gasteiger partial charge in [0.2, 0.25) is 0 Å². The average molecular weight is 447 g/mol. The first-order chi connectivity index (χ1) is 15.4. The maximum Gasteiger partial charge on any atom is 0.350 e. The number of pyridine rings is 1. The topological polar surface area (TPSA) is 112 Å². The van der Waals surface area contributed by atoms with Gasteiger partial charge in [-0.3, -0.25) is 19.9 Å². The van der Waals surface area contributed by atoms with Gasteiger partial charge in [0.05, 0.1) is 16.6 Å². The second-order valence-corrected chi connectivity index (χ2v) is 8.49. The van der Waals surface area contributed by atoms with Gasteiger partial charge in [-0.15, -0.1) is 0 Å². The van der Waals surface area contributed by atoms with E-state index in [2.05, 4.69) is 15.4 Å². The highest BCUT2D eigenvalue weighted by Gasteiger charge is 2.25. The number of furan rings is 1. The summed E-state index contributed by atoms with van der Waals surface area (Å²) in [4.78, 5) is 40.3. The van der Waals surface area contributed by atoms with E-state index < -0.39 is 11.1 Å². The van der Waals surface area contributed by atoms with Gasteiger partial charge >= 0.3 is 5.69 Å². The minimum absolute atomic E-state index is 0.0263. The van der Waals surface area contributed by atoms with E-state index in [-0.39, 0.29) is 16.6 Å². The summed E-state index contributed by atoms with van der Waals surface area (Å²) in [7, 11) is 0. The molecule has 0 saturated carbocycles. The number of nitrogens with one attached hydrogen (secondary N) is 1. The number of nitrogens with zero attached hydrogens (tertiary/aromatic N) is 4. The summed E-state index contributed by atoms with van der Waals surface area (Å²) in [6, 6.07) is 9.16. The summed E-state index contributed by atoms with van der Waals surface area (Å²) in [5, 5.41) is 6.74. The Morgan fingerprint density at radius 3 is 2.56 bits per heavy atom. The molecule has 0 radical (unpaired) electrons. The van der Waals surface area contributed by atoms with E-state index in [1.807, 2.05) is 38.1 Å². The van der Waals surface area contributed by atoms with Gasteiger partial charge in [-0.1, -0.05) is 12.1 Å². The number of thioether (sulfide) groups is 1. The second-order valence-electron chi connectivity index (χ2n) is 7.48. The summed E-state index contributed by atoms with van der Waals surface area (Å²) >= 11 is 0.834. The summed E-state index contributed by atoms with van der Waals surface area (Å²) in [5.41, 5.74) is 2.73. The predicted octanol–water partition coefficient (Wildman–Crippen LogP) is 3.75. The molecule has 3 aromatic heterocycles. The molecule has 1 aliphatic rings. The molecule has 0 aliphatic carbocycles. The van der Waals surface area contributed by atoms with E-state index in [0.717, 1.165) is 28.3 Å². The monoisotopic (exact) mass is 447 g/mol. The fourth-order valence-electron chi connectivity index (χ4n) is 3.46. The first-order valence-electron chi connectivity index (χ1n) is 9.80. The van der Waals surface area contributed by atoms with Crippen molar-refractivity contribution in [3.63, 3.8) is 0 Å². The Hall–Kier alpha value is -3.92. The number of rotatable bonds is 4. The highest BCUT2D eigenvalue weighted by atomic mass is 32.2. The van der Waals surface area contributed by atoms with Crippen molar-refractivity contribution in [3.8, 4) is 16.8 Å². The van der Waals surface area contributed by atoms with Crippen molar-refractivity contribution < 1.29 is 14.0 Å². The van der Waals surface area contributed by atoms with Crippen LogP contribution in [0.5, 0.6) is 0 Å². The van der Waals surface area contributed by atoms with Crippen molar-refractivity contribution in [1.29, 1.82) is 0 Å². The van der Waals surface area contributed by atoms with Crippen LogP contribution in [0.1, 0.15) is 25.6 Å². The molecular weight excluding hydrogens is 430 g/mol. The number of fused-ring (bicyclic) bond motifs is 1. The lowest BCUT2D eigenvalue weighted by Gasteiger charge is -2.05. The lowest BCUT2D eigenvalue weighted by atomic mass is 10.1. The van der Waals surface area contributed by atoms with Crippen molar-refractivity contribution in [3.05, 3.63) is 70.2 Å². The van der Waals surface area contributed by atoms with Crippen molar-refractivity contribution in [2.24, 2.45) is 0 Å². The Balaban J connectivity index is 1.51. The number of benzene rings is 1. The van der Waals surface area contributed by atoms with Gasteiger partial charge in [0.15, 0.2) is 0 Å². The summed E-state index contributed by atoms with van der Waals surface area (Å²) in [6.45, 7) is 3.80. The molecule has 1 saturated heterocycles. The lowest BCUT2D eigenvalue weighted by Crippen LogP contribution is -2.25. The Bertz CT molecular complexity index is 1460. The van der Waals surface area contributed by atoms with Crippen LogP contribution in [-0.4, -0.2) is 30.5 Å². The van der Waals surface area contributed by atoms with Crippen LogP contribution in [0.15, 0.2) is 63.2 Å². The number of imide groups is 1. The molecular formula is C22H17N5O4S. The van der Waals surface area contributed by atoms with Gasteiger partial charge in [0, 0.05) is 29.4 Å². The van der Waals surface area contributed by atoms with Crippen LogP contribution in [0.2, 0.25) is 0 Å². The number of aromatic nitrogens is 4. The maximum absolute atomic E-state index is 12.5. The van der Waals surface area contributed by atoms with Crippen molar-refractivity contribution >= 4 is 40.0 Å². The zero-order valence-corrected chi connectivity index (χ0v) is 17.9. The Morgan fingerprint density at radius 2 is 1.91 bits per heavy atom. The molecule has 1 aromatic carbocycles. The van der Waals surface area contributed by atoms with Crippen molar-refractivity contribution in [1.82, 2.24) is 24.6 Å². The highest BCUT2D eigenvalue weighted by Crippen LogP contribution is 2.33. The number of carbonyl (C=O) groups excluding carboxylic acids is 2. The van der Waals surface area contributed by atoms with Crippen LogP contribution in [0.3, 0.4) is 0 Å².